The van der Waals surface area contributed by atoms with Crippen molar-refractivity contribution in [2.75, 3.05) is 19.3 Å². The van der Waals surface area contributed by atoms with Gasteiger partial charge in [-0.05, 0) is 37.3 Å². The highest BCUT2D eigenvalue weighted by Crippen LogP contribution is 2.11. The normalized spacial score (nSPS) is 10.3. The van der Waals surface area contributed by atoms with E-state index in [1.807, 2.05) is 19.1 Å². The molecule has 1 heterocycles. The minimum atomic E-state index is -0.0771. The summed E-state index contributed by atoms with van der Waals surface area (Å²) in [5.74, 6) is -0.0771. The van der Waals surface area contributed by atoms with Crippen molar-refractivity contribution in [2.45, 2.75) is 6.92 Å². The summed E-state index contributed by atoms with van der Waals surface area (Å²) < 4.78 is 1.66. The molecule has 0 radical (unpaired) electrons. The molecule has 1 aromatic carbocycles. The monoisotopic (exact) mass is 244 g/mol. The Bertz CT molecular complexity index is 544. The standard InChI is InChI=1S/C13H16N4O/c1-3-16(2)13(18)12-8-9-17(15-12)11-6-4-10(14)5-7-11/h4-9H,3,14H2,1-2H3. The third kappa shape index (κ3) is 2.34. The lowest BCUT2D eigenvalue weighted by Gasteiger charge is -2.11. The van der Waals surface area contributed by atoms with Crippen LogP contribution in [0.1, 0.15) is 17.4 Å². The number of nitrogens with two attached hydrogens (primary N) is 1. The Hall–Kier alpha value is -2.30. The summed E-state index contributed by atoms with van der Waals surface area (Å²) in [5, 5.41) is 4.26. The van der Waals surface area contributed by atoms with Crippen LogP contribution in [0.3, 0.4) is 0 Å². The summed E-state index contributed by atoms with van der Waals surface area (Å²) in [6.07, 6.45) is 1.77. The summed E-state index contributed by atoms with van der Waals surface area (Å²) in [4.78, 5) is 13.5. The van der Waals surface area contributed by atoms with Crippen molar-refractivity contribution >= 4 is 11.6 Å². The van der Waals surface area contributed by atoms with Crippen molar-refractivity contribution in [2.24, 2.45) is 0 Å². The molecule has 0 aliphatic rings. The topological polar surface area (TPSA) is 64.2 Å². The number of hydrogen-bond donors (Lipinski definition) is 1. The molecule has 0 bridgehead atoms. The van der Waals surface area contributed by atoms with Crippen LogP contribution in [-0.4, -0.2) is 34.2 Å². The Labute approximate surface area is 106 Å². The Balaban J connectivity index is 2.25. The van der Waals surface area contributed by atoms with Crippen molar-refractivity contribution in [3.8, 4) is 5.69 Å². The Kier molecular flexibility index (Phi) is 3.32. The quantitative estimate of drug-likeness (QED) is 0.833. The van der Waals surface area contributed by atoms with E-state index in [1.165, 1.54) is 0 Å². The predicted octanol–water partition coefficient (Wildman–Crippen LogP) is 1.55. The van der Waals surface area contributed by atoms with Crippen molar-refractivity contribution in [1.29, 1.82) is 0 Å². The number of amides is 1. The van der Waals surface area contributed by atoms with Crippen LogP contribution in [0.2, 0.25) is 0 Å². The first-order valence-electron chi connectivity index (χ1n) is 5.79. The molecule has 2 N–H and O–H groups in total. The van der Waals surface area contributed by atoms with Gasteiger partial charge in [0.05, 0.1) is 5.69 Å². The van der Waals surface area contributed by atoms with Gasteiger partial charge < -0.3 is 10.6 Å². The highest BCUT2D eigenvalue weighted by atomic mass is 16.2. The molecule has 0 atom stereocenters. The average Bonchev–Trinajstić information content (AvgIpc) is 2.87. The molecule has 94 valence electrons. The molecule has 0 saturated heterocycles. The number of hydrogen-bond acceptors (Lipinski definition) is 3. The Morgan fingerprint density at radius 1 is 1.33 bits per heavy atom. The SMILES string of the molecule is CCN(C)C(=O)c1ccn(-c2ccc(N)cc2)n1. The second-order valence-corrected chi connectivity index (χ2v) is 4.06. The lowest BCUT2D eigenvalue weighted by molar-refractivity contribution is 0.0796. The van der Waals surface area contributed by atoms with Gasteiger partial charge in [-0.15, -0.1) is 0 Å². The first-order chi connectivity index (χ1) is 8.61. The van der Waals surface area contributed by atoms with Gasteiger partial charge in [0.1, 0.15) is 0 Å². The van der Waals surface area contributed by atoms with Gasteiger partial charge in [-0.25, -0.2) is 4.68 Å². The largest absolute Gasteiger partial charge is 0.399 e. The molecule has 0 unspecified atom stereocenters. The smallest absolute Gasteiger partial charge is 0.274 e. The van der Waals surface area contributed by atoms with Crippen LogP contribution in [0.4, 0.5) is 5.69 Å². The minimum Gasteiger partial charge on any atom is -0.399 e. The molecule has 0 aliphatic heterocycles. The lowest BCUT2D eigenvalue weighted by Crippen LogP contribution is -2.26. The number of nitrogens with zero attached hydrogens (tertiary/aromatic N) is 3. The minimum absolute atomic E-state index is 0.0771. The van der Waals surface area contributed by atoms with Gasteiger partial charge >= 0.3 is 0 Å². The number of anilines is 1. The van der Waals surface area contributed by atoms with Crippen LogP contribution in [0.25, 0.3) is 5.69 Å². The van der Waals surface area contributed by atoms with E-state index in [0.29, 0.717) is 17.9 Å². The van der Waals surface area contributed by atoms with Gasteiger partial charge in [0.15, 0.2) is 5.69 Å². The maximum atomic E-state index is 11.9. The van der Waals surface area contributed by atoms with Gasteiger partial charge in [-0.1, -0.05) is 0 Å². The van der Waals surface area contributed by atoms with E-state index in [-0.39, 0.29) is 5.91 Å². The molecule has 2 rings (SSSR count). The molecule has 2 aromatic rings. The van der Waals surface area contributed by atoms with Crippen LogP contribution in [0.5, 0.6) is 0 Å². The second-order valence-electron chi connectivity index (χ2n) is 4.06. The van der Waals surface area contributed by atoms with Crippen LogP contribution < -0.4 is 5.73 Å². The number of benzene rings is 1. The van der Waals surface area contributed by atoms with Crippen molar-refractivity contribution < 1.29 is 4.79 Å². The highest BCUT2D eigenvalue weighted by molar-refractivity contribution is 5.92. The molecule has 0 aliphatic carbocycles. The number of nitrogen functional groups attached to an aromatic ring is 1. The number of carbonyl (C=O) groups excluding carboxylic acids is 1. The maximum Gasteiger partial charge on any atom is 0.274 e. The first kappa shape index (κ1) is 12.2. The van der Waals surface area contributed by atoms with E-state index < -0.39 is 0 Å². The molecule has 5 heteroatoms. The fraction of sp³-hybridized carbons (Fsp3) is 0.231. The molecule has 0 saturated carbocycles. The molecule has 5 nitrogen and oxygen atoms in total. The molecule has 1 aromatic heterocycles. The zero-order valence-electron chi connectivity index (χ0n) is 10.5. The van der Waals surface area contributed by atoms with E-state index in [9.17, 15) is 4.79 Å². The van der Waals surface area contributed by atoms with Gasteiger partial charge in [0, 0.05) is 25.5 Å². The Morgan fingerprint density at radius 3 is 2.61 bits per heavy atom. The fourth-order valence-corrected chi connectivity index (χ4v) is 1.55. The molecular formula is C13H16N4O. The van der Waals surface area contributed by atoms with E-state index in [2.05, 4.69) is 5.10 Å². The first-order valence-corrected chi connectivity index (χ1v) is 5.79. The fourth-order valence-electron chi connectivity index (χ4n) is 1.55. The zero-order chi connectivity index (χ0) is 13.1. The van der Waals surface area contributed by atoms with Gasteiger partial charge in [0.25, 0.3) is 5.91 Å². The summed E-state index contributed by atoms with van der Waals surface area (Å²) in [7, 11) is 1.75. The van der Waals surface area contributed by atoms with Gasteiger partial charge in [0.2, 0.25) is 0 Å². The molecular weight excluding hydrogens is 228 g/mol. The molecule has 0 fully saturated rings. The number of carbonyl (C=O) groups is 1. The molecule has 1 amide bonds. The predicted molar refractivity (Wildman–Crippen MR) is 70.6 cm³/mol. The second kappa shape index (κ2) is 4.91. The summed E-state index contributed by atoms with van der Waals surface area (Å²) in [6, 6.07) is 9.04. The van der Waals surface area contributed by atoms with E-state index in [1.54, 1.807) is 41.0 Å². The molecule has 18 heavy (non-hydrogen) atoms. The lowest BCUT2D eigenvalue weighted by atomic mass is 10.3. The summed E-state index contributed by atoms with van der Waals surface area (Å²) in [5.41, 5.74) is 7.65. The van der Waals surface area contributed by atoms with Crippen LogP contribution in [0, 0.1) is 0 Å². The van der Waals surface area contributed by atoms with Gasteiger partial charge in [-0.2, -0.15) is 5.10 Å². The number of aromatic nitrogens is 2. The van der Waals surface area contributed by atoms with Gasteiger partial charge in [-0.3, -0.25) is 4.79 Å². The van der Waals surface area contributed by atoms with Crippen LogP contribution >= 0.6 is 0 Å². The third-order valence-corrected chi connectivity index (χ3v) is 2.79. The summed E-state index contributed by atoms with van der Waals surface area (Å²) in [6.45, 7) is 2.59. The van der Waals surface area contributed by atoms with Crippen molar-refractivity contribution in [3.63, 3.8) is 0 Å². The number of rotatable bonds is 3. The van der Waals surface area contributed by atoms with Crippen molar-refractivity contribution in [1.82, 2.24) is 14.7 Å². The van der Waals surface area contributed by atoms with Crippen LogP contribution in [0.15, 0.2) is 36.5 Å². The highest BCUT2D eigenvalue weighted by Gasteiger charge is 2.13. The maximum absolute atomic E-state index is 11.9. The van der Waals surface area contributed by atoms with E-state index in [0.717, 1.165) is 5.69 Å². The molecule has 0 spiro atoms. The zero-order valence-corrected chi connectivity index (χ0v) is 10.5. The van der Waals surface area contributed by atoms with E-state index in [4.69, 9.17) is 5.73 Å². The summed E-state index contributed by atoms with van der Waals surface area (Å²) >= 11 is 0. The average molecular weight is 244 g/mol. The Morgan fingerprint density at radius 2 is 2.00 bits per heavy atom. The third-order valence-electron chi connectivity index (χ3n) is 2.79. The van der Waals surface area contributed by atoms with E-state index >= 15 is 0 Å². The van der Waals surface area contributed by atoms with Crippen molar-refractivity contribution in [3.05, 3.63) is 42.2 Å². The van der Waals surface area contributed by atoms with Crippen LogP contribution in [-0.2, 0) is 0 Å².